The summed E-state index contributed by atoms with van der Waals surface area (Å²) in [5, 5.41) is 2.13. The Balaban J connectivity index is 0.000000177. The lowest BCUT2D eigenvalue weighted by Gasteiger charge is -2.42. The number of hydrogen-bond donors (Lipinski definition) is 1. The molecule has 0 radical (unpaired) electrons. The lowest BCUT2D eigenvalue weighted by Crippen LogP contribution is -2.52. The highest BCUT2D eigenvalue weighted by Gasteiger charge is 2.30. The zero-order valence-corrected chi connectivity index (χ0v) is 35.4. The molecule has 304 valence electrons. The van der Waals surface area contributed by atoms with Gasteiger partial charge in [0, 0.05) is 69.8 Å². The quantitative estimate of drug-likeness (QED) is 0.123. The van der Waals surface area contributed by atoms with Crippen LogP contribution in [0.5, 0.6) is 0 Å². The Morgan fingerprint density at radius 1 is 0.586 bits per heavy atom. The van der Waals surface area contributed by atoms with Gasteiger partial charge in [0.2, 0.25) is 0 Å². The van der Waals surface area contributed by atoms with Crippen molar-refractivity contribution in [1.82, 2.24) is 39.5 Å². The monoisotopic (exact) mass is 798 g/mol. The third-order valence-corrected chi connectivity index (χ3v) is 11.6. The molecule has 10 heteroatoms. The minimum absolute atomic E-state index is 0.0475. The number of H-pyrrole nitrogens is 1. The van der Waals surface area contributed by atoms with Crippen molar-refractivity contribution in [2.45, 2.75) is 78.8 Å². The molecular formula is C48H59ClN8O. The molecule has 9 nitrogen and oxygen atoms in total. The van der Waals surface area contributed by atoms with Crippen molar-refractivity contribution >= 4 is 33.4 Å². The van der Waals surface area contributed by atoms with Gasteiger partial charge in [-0.2, -0.15) is 0 Å². The Labute approximate surface area is 349 Å². The number of aromatic nitrogens is 4. The van der Waals surface area contributed by atoms with Crippen molar-refractivity contribution in [2.24, 2.45) is 11.8 Å². The third-order valence-electron chi connectivity index (χ3n) is 11.3. The Morgan fingerprint density at radius 3 is 1.62 bits per heavy atom. The fraction of sp³-hybridized carbons (Fsp3) is 0.417. The Bertz CT molecular complexity index is 2270. The fourth-order valence-corrected chi connectivity index (χ4v) is 8.83. The van der Waals surface area contributed by atoms with Gasteiger partial charge in [0.1, 0.15) is 16.8 Å². The first-order chi connectivity index (χ1) is 28.2. The van der Waals surface area contributed by atoms with Gasteiger partial charge in [-0.3, -0.25) is 24.4 Å². The maximum Gasteiger partial charge on any atom is 0.258 e. The number of aromatic amines is 1. The molecule has 2 aliphatic rings. The Morgan fingerprint density at radius 2 is 1.07 bits per heavy atom. The van der Waals surface area contributed by atoms with E-state index in [1.165, 1.54) is 17.5 Å². The number of piperazine rings is 2. The van der Waals surface area contributed by atoms with Crippen LogP contribution in [0.4, 0.5) is 0 Å². The summed E-state index contributed by atoms with van der Waals surface area (Å²) in [6.45, 7) is 18.8. The SMILES string of the molecule is CC(C)CC1CN(Cc2ccccc2)CCN1Cc1nc(Cl)c2ccccc2n1.CC(C)CC1CN(Cc2ccccc2)CCN1Cc1nc2ccccc2c(=O)[nH]1. The standard InChI is InChI=1S/C24H29ClN4.C24H30N4O/c1-18(2)14-20-16-28(15-19-8-4-3-5-9-19)12-13-29(20)17-23-26-22-11-7-6-10-21(22)24(25)27-23;1-18(2)14-20-16-27(15-19-8-4-3-5-9-19)12-13-28(20)17-23-25-22-11-7-6-10-21(22)24(29)26-23/h3-11,18,20H,12-17H2,1-2H3;3-11,18,20H,12-17H2,1-2H3,(H,25,26,29). The van der Waals surface area contributed by atoms with Crippen LogP contribution in [-0.4, -0.2) is 90.9 Å². The van der Waals surface area contributed by atoms with E-state index in [9.17, 15) is 4.79 Å². The summed E-state index contributed by atoms with van der Waals surface area (Å²) >= 11 is 6.44. The molecule has 2 atom stereocenters. The zero-order valence-electron chi connectivity index (χ0n) is 34.6. The van der Waals surface area contributed by atoms with Gasteiger partial charge in [-0.25, -0.2) is 15.0 Å². The predicted molar refractivity (Wildman–Crippen MR) is 238 cm³/mol. The summed E-state index contributed by atoms with van der Waals surface area (Å²) in [5.74, 6) is 2.86. The molecule has 0 bridgehead atoms. The van der Waals surface area contributed by atoms with Gasteiger partial charge in [-0.05, 0) is 60.1 Å². The maximum atomic E-state index is 12.4. The molecule has 2 unspecified atom stereocenters. The first kappa shape index (κ1) is 41.6. The number of benzene rings is 4. The molecule has 1 N–H and O–H groups in total. The summed E-state index contributed by atoms with van der Waals surface area (Å²) < 4.78 is 0. The molecule has 2 fully saturated rings. The largest absolute Gasteiger partial charge is 0.309 e. The van der Waals surface area contributed by atoms with E-state index in [-0.39, 0.29) is 5.56 Å². The molecule has 0 amide bonds. The lowest BCUT2D eigenvalue weighted by molar-refractivity contribution is 0.0514. The molecule has 2 aliphatic heterocycles. The lowest BCUT2D eigenvalue weighted by atomic mass is 9.99. The van der Waals surface area contributed by atoms with Gasteiger partial charge < -0.3 is 4.98 Å². The van der Waals surface area contributed by atoms with E-state index in [1.807, 2.05) is 48.5 Å². The smallest absolute Gasteiger partial charge is 0.258 e. The minimum atomic E-state index is -0.0475. The van der Waals surface area contributed by atoms with E-state index in [1.54, 1.807) is 0 Å². The summed E-state index contributed by atoms with van der Waals surface area (Å²) in [5.41, 5.74) is 4.40. The van der Waals surface area contributed by atoms with E-state index in [0.29, 0.717) is 41.0 Å². The number of nitrogens with zero attached hydrogens (tertiary/aromatic N) is 7. The first-order valence-electron chi connectivity index (χ1n) is 21.1. The molecule has 58 heavy (non-hydrogen) atoms. The van der Waals surface area contributed by atoms with Crippen molar-refractivity contribution in [3.05, 3.63) is 147 Å². The van der Waals surface area contributed by atoms with Crippen LogP contribution >= 0.6 is 11.6 Å². The number of para-hydroxylation sites is 2. The maximum absolute atomic E-state index is 12.4. The van der Waals surface area contributed by atoms with Gasteiger partial charge in [0.15, 0.2) is 0 Å². The van der Waals surface area contributed by atoms with E-state index < -0.39 is 0 Å². The van der Waals surface area contributed by atoms with Crippen molar-refractivity contribution in [3.63, 3.8) is 0 Å². The van der Waals surface area contributed by atoms with Crippen LogP contribution in [0.25, 0.3) is 21.8 Å². The van der Waals surface area contributed by atoms with Gasteiger partial charge in [0.25, 0.3) is 5.56 Å². The van der Waals surface area contributed by atoms with E-state index in [2.05, 4.69) is 118 Å². The first-order valence-corrected chi connectivity index (χ1v) is 21.4. The predicted octanol–water partition coefficient (Wildman–Crippen LogP) is 8.67. The summed E-state index contributed by atoms with van der Waals surface area (Å²) in [6, 6.07) is 37.9. The Hall–Kier alpha value is -4.51. The average molecular weight is 800 g/mol. The van der Waals surface area contributed by atoms with Crippen LogP contribution in [0.1, 0.15) is 63.3 Å². The highest BCUT2D eigenvalue weighted by molar-refractivity contribution is 6.34. The molecule has 6 aromatic rings. The van der Waals surface area contributed by atoms with Crippen molar-refractivity contribution in [1.29, 1.82) is 0 Å². The van der Waals surface area contributed by atoms with Crippen LogP contribution in [-0.2, 0) is 26.2 Å². The second-order valence-electron chi connectivity index (χ2n) is 16.9. The summed E-state index contributed by atoms with van der Waals surface area (Å²) in [6.07, 6.45) is 2.32. The van der Waals surface area contributed by atoms with Gasteiger partial charge >= 0.3 is 0 Å². The van der Waals surface area contributed by atoms with Crippen LogP contribution in [0.3, 0.4) is 0 Å². The minimum Gasteiger partial charge on any atom is -0.309 e. The number of hydrogen-bond acceptors (Lipinski definition) is 8. The van der Waals surface area contributed by atoms with E-state index >= 15 is 0 Å². The molecule has 8 rings (SSSR count). The van der Waals surface area contributed by atoms with Crippen molar-refractivity contribution < 1.29 is 0 Å². The van der Waals surface area contributed by atoms with Crippen LogP contribution < -0.4 is 5.56 Å². The second-order valence-corrected chi connectivity index (χ2v) is 17.3. The second kappa shape index (κ2) is 20.0. The number of rotatable bonds is 12. The molecular weight excluding hydrogens is 740 g/mol. The van der Waals surface area contributed by atoms with Gasteiger partial charge in [-0.1, -0.05) is 124 Å². The Kier molecular flexibility index (Phi) is 14.3. The van der Waals surface area contributed by atoms with Crippen LogP contribution in [0.2, 0.25) is 5.15 Å². The molecule has 4 heterocycles. The highest BCUT2D eigenvalue weighted by Crippen LogP contribution is 2.25. The molecule has 0 aliphatic carbocycles. The topological polar surface area (TPSA) is 84.5 Å². The molecule has 2 saturated heterocycles. The zero-order chi connectivity index (χ0) is 40.4. The van der Waals surface area contributed by atoms with Gasteiger partial charge in [-0.15, -0.1) is 0 Å². The summed E-state index contributed by atoms with van der Waals surface area (Å²) in [7, 11) is 0. The number of halogens is 1. The summed E-state index contributed by atoms with van der Waals surface area (Å²) in [4.78, 5) is 39.7. The third kappa shape index (κ3) is 11.4. The van der Waals surface area contributed by atoms with Crippen molar-refractivity contribution in [3.8, 4) is 0 Å². The molecule has 4 aromatic carbocycles. The number of nitrogens with one attached hydrogen (secondary N) is 1. The molecule has 0 spiro atoms. The highest BCUT2D eigenvalue weighted by atomic mass is 35.5. The van der Waals surface area contributed by atoms with Crippen LogP contribution in [0, 0.1) is 11.8 Å². The average Bonchev–Trinajstić information content (AvgIpc) is 3.21. The fourth-order valence-electron chi connectivity index (χ4n) is 8.57. The van der Waals surface area contributed by atoms with Crippen LogP contribution in [0.15, 0.2) is 114 Å². The van der Waals surface area contributed by atoms with Gasteiger partial charge in [0.05, 0.1) is 29.5 Å². The molecule has 0 saturated carbocycles. The van der Waals surface area contributed by atoms with E-state index in [0.717, 1.165) is 93.4 Å². The number of fused-ring (bicyclic) bond motifs is 2. The van der Waals surface area contributed by atoms with Crippen molar-refractivity contribution in [2.75, 3.05) is 39.3 Å². The normalized spacial score (nSPS) is 18.5. The van der Waals surface area contributed by atoms with E-state index in [4.69, 9.17) is 21.6 Å². The molecule has 2 aromatic heterocycles.